The first-order chi connectivity index (χ1) is 5.20. The fraction of sp³-hybridized carbons (Fsp3) is 0.500. The number of nitrogens with zero attached hydrogens (tertiary/aromatic N) is 1. The molecule has 0 aliphatic heterocycles. The SMILES string of the molecule is Cc1ncsc1CCP(=O)=O. The molecular formula is C6H8NO2PS. The van der Waals surface area contributed by atoms with Crippen LogP contribution in [0.25, 0.3) is 0 Å². The minimum atomic E-state index is -2.24. The van der Waals surface area contributed by atoms with Crippen LogP contribution in [0.15, 0.2) is 5.51 Å². The first-order valence-electron chi connectivity index (χ1n) is 3.21. The van der Waals surface area contributed by atoms with E-state index >= 15 is 0 Å². The molecule has 1 heterocycles. The van der Waals surface area contributed by atoms with Gasteiger partial charge in [0.25, 0.3) is 0 Å². The lowest BCUT2D eigenvalue weighted by Crippen LogP contribution is -1.85. The van der Waals surface area contributed by atoms with Crippen molar-refractivity contribution in [3.05, 3.63) is 16.1 Å². The van der Waals surface area contributed by atoms with Gasteiger partial charge in [-0.2, -0.15) is 0 Å². The number of thiazole rings is 1. The van der Waals surface area contributed by atoms with Crippen molar-refractivity contribution >= 4 is 19.0 Å². The van der Waals surface area contributed by atoms with E-state index in [2.05, 4.69) is 4.98 Å². The van der Waals surface area contributed by atoms with Crippen molar-refractivity contribution in [2.75, 3.05) is 6.16 Å². The van der Waals surface area contributed by atoms with Crippen molar-refractivity contribution in [1.82, 2.24) is 4.98 Å². The maximum Gasteiger partial charge on any atom is 0.316 e. The van der Waals surface area contributed by atoms with Crippen LogP contribution in [-0.4, -0.2) is 11.1 Å². The molecule has 0 radical (unpaired) electrons. The zero-order valence-corrected chi connectivity index (χ0v) is 7.82. The molecule has 0 aliphatic carbocycles. The number of aromatic nitrogens is 1. The molecule has 0 spiro atoms. The van der Waals surface area contributed by atoms with Gasteiger partial charge in [-0.1, -0.05) is 0 Å². The van der Waals surface area contributed by atoms with Gasteiger partial charge in [0.2, 0.25) is 0 Å². The molecule has 0 amide bonds. The quantitative estimate of drug-likeness (QED) is 0.684. The average Bonchev–Trinajstić information content (AvgIpc) is 2.31. The number of aryl methyl sites for hydroxylation is 2. The van der Waals surface area contributed by atoms with Crippen LogP contribution in [-0.2, 0) is 15.6 Å². The molecule has 0 N–H and O–H groups in total. The molecule has 1 aromatic rings. The second-order valence-corrected chi connectivity index (χ2v) is 4.22. The fourth-order valence-corrected chi connectivity index (χ4v) is 2.10. The molecule has 60 valence electrons. The lowest BCUT2D eigenvalue weighted by atomic mass is 10.3. The molecule has 0 saturated carbocycles. The lowest BCUT2D eigenvalue weighted by molar-refractivity contribution is 0.515. The number of hydrogen-bond acceptors (Lipinski definition) is 4. The summed E-state index contributed by atoms with van der Waals surface area (Å²) in [6.45, 7) is 1.89. The first kappa shape index (κ1) is 8.62. The van der Waals surface area contributed by atoms with Gasteiger partial charge in [-0.3, -0.25) is 0 Å². The van der Waals surface area contributed by atoms with Gasteiger partial charge in [-0.15, -0.1) is 11.3 Å². The van der Waals surface area contributed by atoms with Gasteiger partial charge in [0.05, 0.1) is 17.4 Å². The van der Waals surface area contributed by atoms with E-state index in [1.54, 1.807) is 5.51 Å². The minimum absolute atomic E-state index is 0.234. The second-order valence-electron chi connectivity index (χ2n) is 2.17. The van der Waals surface area contributed by atoms with E-state index in [0.717, 1.165) is 10.6 Å². The van der Waals surface area contributed by atoms with Crippen molar-refractivity contribution in [1.29, 1.82) is 0 Å². The summed E-state index contributed by atoms with van der Waals surface area (Å²) in [6.07, 6.45) is 0.841. The molecule has 0 unspecified atom stereocenters. The van der Waals surface area contributed by atoms with Crippen molar-refractivity contribution in [3.8, 4) is 0 Å². The highest BCUT2D eigenvalue weighted by Crippen LogP contribution is 2.16. The Morgan fingerprint density at radius 2 is 2.36 bits per heavy atom. The molecule has 1 rings (SSSR count). The van der Waals surface area contributed by atoms with Crippen LogP contribution in [0.1, 0.15) is 10.6 Å². The topological polar surface area (TPSA) is 47.0 Å². The van der Waals surface area contributed by atoms with Crippen molar-refractivity contribution in [2.45, 2.75) is 13.3 Å². The van der Waals surface area contributed by atoms with Crippen LogP contribution >= 0.6 is 19.0 Å². The Kier molecular flexibility index (Phi) is 2.97. The highest BCUT2D eigenvalue weighted by molar-refractivity contribution is 7.30. The van der Waals surface area contributed by atoms with Crippen molar-refractivity contribution in [3.63, 3.8) is 0 Å². The fourth-order valence-electron chi connectivity index (χ4n) is 0.759. The summed E-state index contributed by atoms with van der Waals surface area (Å²) in [5.74, 6) is 0. The Morgan fingerprint density at radius 3 is 2.82 bits per heavy atom. The normalized spacial score (nSPS) is 9.91. The predicted molar refractivity (Wildman–Crippen MR) is 43.7 cm³/mol. The summed E-state index contributed by atoms with van der Waals surface area (Å²) < 4.78 is 20.5. The monoisotopic (exact) mass is 189 g/mol. The van der Waals surface area contributed by atoms with E-state index in [1.807, 2.05) is 6.92 Å². The molecule has 0 saturated heterocycles. The highest BCUT2D eigenvalue weighted by Gasteiger charge is 2.01. The minimum Gasteiger partial charge on any atom is -0.250 e. The largest absolute Gasteiger partial charge is 0.316 e. The van der Waals surface area contributed by atoms with Crippen LogP contribution in [0.4, 0.5) is 0 Å². The number of hydrogen-bond donors (Lipinski definition) is 0. The standard InChI is InChI=1S/C6H8NO2PS/c1-5-6(11-4-7-5)2-3-10(8)9/h4H,2-3H2,1H3. The van der Waals surface area contributed by atoms with E-state index in [0.29, 0.717) is 6.42 Å². The first-order valence-corrected chi connectivity index (χ1v) is 5.45. The van der Waals surface area contributed by atoms with E-state index in [4.69, 9.17) is 0 Å². The lowest BCUT2D eigenvalue weighted by Gasteiger charge is -1.89. The summed E-state index contributed by atoms with van der Waals surface area (Å²) in [4.78, 5) is 5.09. The second kappa shape index (κ2) is 3.79. The summed E-state index contributed by atoms with van der Waals surface area (Å²) in [7, 11) is -2.24. The van der Waals surface area contributed by atoms with Gasteiger partial charge in [0.1, 0.15) is 0 Å². The molecule has 0 aromatic carbocycles. The van der Waals surface area contributed by atoms with Gasteiger partial charge < -0.3 is 0 Å². The summed E-state index contributed by atoms with van der Waals surface area (Å²) in [6, 6.07) is 0. The van der Waals surface area contributed by atoms with E-state index in [9.17, 15) is 9.13 Å². The smallest absolute Gasteiger partial charge is 0.250 e. The Morgan fingerprint density at radius 1 is 1.64 bits per heavy atom. The van der Waals surface area contributed by atoms with Crippen LogP contribution in [0.5, 0.6) is 0 Å². The van der Waals surface area contributed by atoms with Crippen molar-refractivity contribution < 1.29 is 9.13 Å². The highest BCUT2D eigenvalue weighted by atomic mass is 32.1. The van der Waals surface area contributed by atoms with Gasteiger partial charge in [0, 0.05) is 4.88 Å². The van der Waals surface area contributed by atoms with Crippen molar-refractivity contribution in [2.24, 2.45) is 0 Å². The molecule has 5 heteroatoms. The Hall–Kier alpha value is -0.470. The van der Waals surface area contributed by atoms with E-state index in [-0.39, 0.29) is 6.16 Å². The Balaban J connectivity index is 2.57. The summed E-state index contributed by atoms with van der Waals surface area (Å²) >= 11 is 1.51. The maximum absolute atomic E-state index is 10.2. The van der Waals surface area contributed by atoms with Crippen LogP contribution in [0, 0.1) is 6.92 Å². The predicted octanol–water partition coefficient (Wildman–Crippen LogP) is 2.17. The Labute approximate surface area is 69.3 Å². The van der Waals surface area contributed by atoms with E-state index < -0.39 is 7.68 Å². The molecule has 0 aliphatic rings. The summed E-state index contributed by atoms with van der Waals surface area (Å²) in [5, 5.41) is 0. The maximum atomic E-state index is 10.2. The Bertz CT molecular complexity index is 297. The van der Waals surface area contributed by atoms with Gasteiger partial charge in [-0.05, 0) is 13.3 Å². The molecule has 0 atom stereocenters. The third-order valence-electron chi connectivity index (χ3n) is 1.37. The van der Waals surface area contributed by atoms with E-state index in [1.165, 1.54) is 11.3 Å². The van der Waals surface area contributed by atoms with Crippen LogP contribution < -0.4 is 0 Å². The van der Waals surface area contributed by atoms with Gasteiger partial charge >= 0.3 is 7.68 Å². The molecule has 3 nitrogen and oxygen atoms in total. The van der Waals surface area contributed by atoms with Gasteiger partial charge in [-0.25, -0.2) is 14.1 Å². The zero-order chi connectivity index (χ0) is 8.27. The van der Waals surface area contributed by atoms with Crippen LogP contribution in [0.2, 0.25) is 0 Å². The third kappa shape index (κ3) is 2.56. The molecule has 11 heavy (non-hydrogen) atoms. The zero-order valence-electron chi connectivity index (χ0n) is 6.11. The molecular weight excluding hydrogens is 181 g/mol. The summed E-state index contributed by atoms with van der Waals surface area (Å²) in [5.41, 5.74) is 2.69. The van der Waals surface area contributed by atoms with Crippen LogP contribution in [0.3, 0.4) is 0 Å². The average molecular weight is 189 g/mol. The molecule has 0 bridgehead atoms. The molecule has 1 aromatic heterocycles. The molecule has 0 fully saturated rings. The van der Waals surface area contributed by atoms with Gasteiger partial charge in [0.15, 0.2) is 0 Å². The third-order valence-corrected chi connectivity index (χ3v) is 2.95. The number of rotatable bonds is 3.